The Morgan fingerprint density at radius 1 is 1.56 bits per heavy atom. The van der Waals surface area contributed by atoms with Crippen molar-refractivity contribution in [3.05, 3.63) is 29.1 Å². The molecule has 2 heterocycles. The number of carbonyl (C=O) groups excluding carboxylic acids is 1. The molecule has 1 aromatic rings. The Hall–Kier alpha value is -1.46. The van der Waals surface area contributed by atoms with Gasteiger partial charge in [-0.2, -0.15) is 0 Å². The molecule has 1 aliphatic heterocycles. The Balaban J connectivity index is 2.15. The molecule has 1 N–H and O–H groups in total. The quantitative estimate of drug-likeness (QED) is 0.831. The summed E-state index contributed by atoms with van der Waals surface area (Å²) in [6, 6.07) is 3.65. The summed E-state index contributed by atoms with van der Waals surface area (Å²) in [7, 11) is 0. The van der Waals surface area contributed by atoms with E-state index in [1.165, 1.54) is 0 Å². The van der Waals surface area contributed by atoms with E-state index in [1.54, 1.807) is 4.90 Å². The van der Waals surface area contributed by atoms with Crippen LogP contribution in [0.15, 0.2) is 12.1 Å². The van der Waals surface area contributed by atoms with Gasteiger partial charge in [-0.05, 0) is 26.0 Å². The lowest BCUT2D eigenvalue weighted by molar-refractivity contribution is -0.0447. The second-order valence-electron chi connectivity index (χ2n) is 4.51. The van der Waals surface area contributed by atoms with Crippen LogP contribution in [0.25, 0.3) is 0 Å². The Morgan fingerprint density at radius 3 is 3.00 bits per heavy atom. The minimum absolute atomic E-state index is 0.0400. The molecule has 1 unspecified atom stereocenters. The summed E-state index contributed by atoms with van der Waals surface area (Å²) in [6.45, 7) is 5.14. The van der Waals surface area contributed by atoms with Crippen molar-refractivity contribution in [2.75, 3.05) is 26.3 Å². The lowest BCUT2D eigenvalue weighted by Crippen LogP contribution is -2.47. The second kappa shape index (κ2) is 5.46. The Kier molecular flexibility index (Phi) is 3.93. The number of hydrogen-bond donors (Lipinski definition) is 1. The Morgan fingerprint density at radius 2 is 2.33 bits per heavy atom. The van der Waals surface area contributed by atoms with Crippen molar-refractivity contribution >= 4 is 5.91 Å². The summed E-state index contributed by atoms with van der Waals surface area (Å²) in [6.07, 6.45) is -0.276. The summed E-state index contributed by atoms with van der Waals surface area (Å²) in [5, 5.41) is 9.08. The largest absolute Gasteiger partial charge is 0.394 e. The maximum absolute atomic E-state index is 12.3. The number of amides is 1. The topological polar surface area (TPSA) is 62.7 Å². The lowest BCUT2D eigenvalue weighted by Gasteiger charge is -2.32. The molecule has 2 rings (SSSR count). The number of ether oxygens (including phenoxy) is 1. The van der Waals surface area contributed by atoms with Crippen molar-refractivity contribution in [1.29, 1.82) is 0 Å². The summed E-state index contributed by atoms with van der Waals surface area (Å²) in [5.74, 6) is -0.0400. The van der Waals surface area contributed by atoms with Crippen LogP contribution in [0.1, 0.15) is 21.7 Å². The van der Waals surface area contributed by atoms with E-state index < -0.39 is 0 Å². The summed E-state index contributed by atoms with van der Waals surface area (Å²) >= 11 is 0. The number of aliphatic hydroxyl groups excluding tert-OH is 1. The number of aryl methyl sites for hydroxylation is 2. The number of aliphatic hydroxyl groups is 1. The first-order valence-corrected chi connectivity index (χ1v) is 6.08. The first kappa shape index (κ1) is 13.0. The van der Waals surface area contributed by atoms with E-state index >= 15 is 0 Å². The van der Waals surface area contributed by atoms with Gasteiger partial charge >= 0.3 is 0 Å². The van der Waals surface area contributed by atoms with Crippen molar-refractivity contribution < 1.29 is 14.6 Å². The fourth-order valence-electron chi connectivity index (χ4n) is 2.10. The fourth-order valence-corrected chi connectivity index (χ4v) is 2.10. The van der Waals surface area contributed by atoms with Gasteiger partial charge in [0, 0.05) is 18.8 Å². The smallest absolute Gasteiger partial charge is 0.255 e. The minimum Gasteiger partial charge on any atom is -0.394 e. The summed E-state index contributed by atoms with van der Waals surface area (Å²) < 4.78 is 5.33. The number of pyridine rings is 1. The van der Waals surface area contributed by atoms with Crippen molar-refractivity contribution in [2.24, 2.45) is 0 Å². The molecule has 0 saturated carbocycles. The first-order chi connectivity index (χ1) is 8.61. The highest BCUT2D eigenvalue weighted by Crippen LogP contribution is 2.13. The standard InChI is InChI=1S/C13H18N2O3/c1-9-3-4-12(10(2)14-9)13(17)15-5-6-18-11(7-15)8-16/h3-4,11,16H,5-8H2,1-2H3. The average molecular weight is 250 g/mol. The highest BCUT2D eigenvalue weighted by atomic mass is 16.5. The summed E-state index contributed by atoms with van der Waals surface area (Å²) in [5.41, 5.74) is 2.27. The summed E-state index contributed by atoms with van der Waals surface area (Å²) in [4.78, 5) is 18.4. The molecule has 0 spiro atoms. The van der Waals surface area contributed by atoms with Gasteiger partial charge < -0.3 is 14.7 Å². The molecule has 1 saturated heterocycles. The fraction of sp³-hybridized carbons (Fsp3) is 0.538. The molecule has 1 aromatic heterocycles. The molecule has 1 amide bonds. The Bertz CT molecular complexity index is 448. The third-order valence-electron chi connectivity index (χ3n) is 3.09. The normalized spacial score (nSPS) is 19.9. The molecule has 0 radical (unpaired) electrons. The van der Waals surface area contributed by atoms with Crippen molar-refractivity contribution in [3.8, 4) is 0 Å². The van der Waals surface area contributed by atoms with Gasteiger partial charge in [-0.1, -0.05) is 0 Å². The molecule has 5 heteroatoms. The second-order valence-corrected chi connectivity index (χ2v) is 4.51. The zero-order valence-electron chi connectivity index (χ0n) is 10.7. The monoisotopic (exact) mass is 250 g/mol. The van der Waals surface area contributed by atoms with Crippen molar-refractivity contribution in [3.63, 3.8) is 0 Å². The van der Waals surface area contributed by atoms with E-state index in [0.29, 0.717) is 25.3 Å². The SMILES string of the molecule is Cc1ccc(C(=O)N2CCOC(CO)C2)c(C)n1. The van der Waals surface area contributed by atoms with E-state index in [0.717, 1.165) is 11.4 Å². The van der Waals surface area contributed by atoms with Crippen LogP contribution < -0.4 is 0 Å². The number of rotatable bonds is 2. The highest BCUT2D eigenvalue weighted by molar-refractivity contribution is 5.95. The zero-order valence-corrected chi connectivity index (χ0v) is 10.7. The number of carbonyl (C=O) groups is 1. The predicted molar refractivity (Wildman–Crippen MR) is 66.4 cm³/mol. The van der Waals surface area contributed by atoms with Crippen molar-refractivity contribution in [1.82, 2.24) is 9.88 Å². The van der Waals surface area contributed by atoms with E-state index in [2.05, 4.69) is 4.98 Å². The van der Waals surface area contributed by atoms with Gasteiger partial charge in [0.05, 0.1) is 30.6 Å². The van der Waals surface area contributed by atoms with E-state index in [9.17, 15) is 4.79 Å². The van der Waals surface area contributed by atoms with E-state index in [-0.39, 0.29) is 18.6 Å². The van der Waals surface area contributed by atoms with Gasteiger partial charge in [0.15, 0.2) is 0 Å². The van der Waals surface area contributed by atoms with Crippen LogP contribution >= 0.6 is 0 Å². The predicted octanol–water partition coefficient (Wildman–Crippen LogP) is 0.532. The molecular formula is C13H18N2O3. The van der Waals surface area contributed by atoms with Crippen LogP contribution in [0, 0.1) is 13.8 Å². The van der Waals surface area contributed by atoms with Gasteiger partial charge in [-0.25, -0.2) is 0 Å². The average Bonchev–Trinajstić information content (AvgIpc) is 2.38. The third kappa shape index (κ3) is 2.68. The highest BCUT2D eigenvalue weighted by Gasteiger charge is 2.25. The van der Waals surface area contributed by atoms with Gasteiger partial charge in [-0.15, -0.1) is 0 Å². The number of nitrogens with zero attached hydrogens (tertiary/aromatic N) is 2. The number of aromatic nitrogens is 1. The Labute approximate surface area is 106 Å². The van der Waals surface area contributed by atoms with Crippen LogP contribution in [-0.4, -0.2) is 53.3 Å². The molecule has 0 bridgehead atoms. The number of morpholine rings is 1. The molecule has 5 nitrogen and oxygen atoms in total. The van der Waals surface area contributed by atoms with E-state index in [4.69, 9.17) is 9.84 Å². The van der Waals surface area contributed by atoms with Crippen LogP contribution in [0.4, 0.5) is 0 Å². The third-order valence-corrected chi connectivity index (χ3v) is 3.09. The minimum atomic E-state index is -0.276. The van der Waals surface area contributed by atoms with Gasteiger partial charge in [-0.3, -0.25) is 9.78 Å². The van der Waals surface area contributed by atoms with Crippen LogP contribution in [0.3, 0.4) is 0 Å². The molecule has 0 aromatic carbocycles. The van der Waals surface area contributed by atoms with Crippen molar-refractivity contribution in [2.45, 2.75) is 20.0 Å². The molecule has 0 aliphatic carbocycles. The molecule has 98 valence electrons. The maximum atomic E-state index is 12.3. The van der Waals surface area contributed by atoms with Crippen LogP contribution in [0.5, 0.6) is 0 Å². The number of hydrogen-bond acceptors (Lipinski definition) is 4. The van der Waals surface area contributed by atoms with Gasteiger partial charge in [0.2, 0.25) is 0 Å². The molecule has 1 aliphatic rings. The molecule has 1 fully saturated rings. The van der Waals surface area contributed by atoms with Crippen LogP contribution in [-0.2, 0) is 4.74 Å². The van der Waals surface area contributed by atoms with Gasteiger partial charge in [0.1, 0.15) is 0 Å². The maximum Gasteiger partial charge on any atom is 0.255 e. The molecule has 18 heavy (non-hydrogen) atoms. The first-order valence-electron chi connectivity index (χ1n) is 6.08. The molecule has 1 atom stereocenters. The zero-order chi connectivity index (χ0) is 13.1. The van der Waals surface area contributed by atoms with E-state index in [1.807, 2.05) is 26.0 Å². The van der Waals surface area contributed by atoms with Crippen LogP contribution in [0.2, 0.25) is 0 Å². The molecular weight excluding hydrogens is 232 g/mol. The lowest BCUT2D eigenvalue weighted by atomic mass is 10.1. The van der Waals surface area contributed by atoms with Gasteiger partial charge in [0.25, 0.3) is 5.91 Å².